The Morgan fingerprint density at radius 1 is 1.30 bits per heavy atom. The molecular weight excluding hydrogens is 340 g/mol. The van der Waals surface area contributed by atoms with Crippen LogP contribution in [-0.2, 0) is 0 Å². The monoisotopic (exact) mass is 360 g/mol. The topological polar surface area (TPSA) is 94.9 Å². The predicted molar refractivity (Wildman–Crippen MR) is 104 cm³/mol. The number of fused-ring (bicyclic) bond motifs is 1. The molecule has 136 valence electrons. The minimum atomic E-state index is -0.979. The van der Waals surface area contributed by atoms with E-state index in [0.717, 1.165) is 0 Å². The number of nitrogens with zero attached hydrogens (tertiary/aromatic N) is 3. The van der Waals surface area contributed by atoms with E-state index in [-0.39, 0.29) is 5.96 Å². The van der Waals surface area contributed by atoms with Crippen LogP contribution in [0.25, 0.3) is 0 Å². The summed E-state index contributed by atoms with van der Waals surface area (Å²) < 4.78 is 5.91. The maximum atomic E-state index is 10.8. The molecule has 0 fully saturated rings. The van der Waals surface area contributed by atoms with Gasteiger partial charge in [-0.05, 0) is 44.2 Å². The second kappa shape index (κ2) is 7.03. The third-order valence-electron chi connectivity index (χ3n) is 4.49. The summed E-state index contributed by atoms with van der Waals surface area (Å²) in [5.74, 6) is 3.12. The number of guanidine groups is 1. The molecule has 0 unspecified atom stereocenters. The van der Waals surface area contributed by atoms with E-state index in [2.05, 4.69) is 10.9 Å². The molecule has 0 aromatic heterocycles. The van der Waals surface area contributed by atoms with Crippen LogP contribution < -0.4 is 15.4 Å². The standard InChI is InChI=1S/C21H20N4O2/c1-4-14-10-11-17-16(12-14)18(19(26)21(2,3)27-17)24-20(23)25(13-22)15-8-6-5-7-9-15/h1,5-12,18-19,26H,2-3H3,(H2,23,24)/t18-,19+/m1/s1. The fourth-order valence-electron chi connectivity index (χ4n) is 3.02. The Kier molecular flexibility index (Phi) is 4.77. The van der Waals surface area contributed by atoms with Gasteiger partial charge < -0.3 is 15.6 Å². The number of benzene rings is 2. The van der Waals surface area contributed by atoms with Crippen molar-refractivity contribution in [2.24, 2.45) is 10.7 Å². The van der Waals surface area contributed by atoms with Crippen LogP contribution in [0.1, 0.15) is 31.0 Å². The molecule has 0 spiro atoms. The van der Waals surface area contributed by atoms with E-state index in [1.165, 1.54) is 4.90 Å². The van der Waals surface area contributed by atoms with Crippen molar-refractivity contribution in [3.63, 3.8) is 0 Å². The SMILES string of the molecule is C#Cc1ccc2c(c1)[C@@H](N=C(N)N(C#N)c1ccccc1)[C@H](O)C(C)(C)O2. The van der Waals surface area contributed by atoms with Crippen LogP contribution in [0.2, 0.25) is 0 Å². The minimum Gasteiger partial charge on any atom is -0.485 e. The summed E-state index contributed by atoms with van der Waals surface area (Å²) in [4.78, 5) is 5.68. The quantitative estimate of drug-likeness (QED) is 0.282. The van der Waals surface area contributed by atoms with Crippen molar-refractivity contribution in [3.8, 4) is 24.3 Å². The van der Waals surface area contributed by atoms with E-state index >= 15 is 0 Å². The summed E-state index contributed by atoms with van der Waals surface area (Å²) in [6.45, 7) is 3.54. The summed E-state index contributed by atoms with van der Waals surface area (Å²) in [7, 11) is 0. The Labute approximate surface area is 158 Å². The first kappa shape index (κ1) is 18.3. The third kappa shape index (κ3) is 3.44. The number of nitriles is 1. The summed E-state index contributed by atoms with van der Waals surface area (Å²) in [6, 6.07) is 13.5. The van der Waals surface area contributed by atoms with Crippen molar-refractivity contribution < 1.29 is 9.84 Å². The molecule has 0 radical (unpaired) electrons. The number of hydrogen-bond donors (Lipinski definition) is 2. The van der Waals surface area contributed by atoms with Gasteiger partial charge >= 0.3 is 0 Å². The van der Waals surface area contributed by atoms with Gasteiger partial charge in [-0.2, -0.15) is 5.26 Å². The molecule has 1 aliphatic heterocycles. The average molecular weight is 360 g/mol. The fourth-order valence-corrected chi connectivity index (χ4v) is 3.02. The largest absolute Gasteiger partial charge is 0.485 e. The van der Waals surface area contributed by atoms with Crippen molar-refractivity contribution in [1.82, 2.24) is 0 Å². The number of rotatable bonds is 2. The van der Waals surface area contributed by atoms with Crippen LogP contribution in [-0.4, -0.2) is 22.8 Å². The Morgan fingerprint density at radius 2 is 2.00 bits per heavy atom. The van der Waals surface area contributed by atoms with Gasteiger partial charge in [0.05, 0.1) is 5.69 Å². The number of hydrogen-bond acceptors (Lipinski definition) is 4. The first-order valence-corrected chi connectivity index (χ1v) is 8.43. The summed E-state index contributed by atoms with van der Waals surface area (Å²) in [5, 5.41) is 20.4. The number of aliphatic hydroxyl groups excluding tert-OH is 1. The molecule has 2 aromatic carbocycles. The second-order valence-electron chi connectivity index (χ2n) is 6.75. The number of anilines is 1. The van der Waals surface area contributed by atoms with Gasteiger partial charge in [-0.25, -0.2) is 9.89 Å². The maximum Gasteiger partial charge on any atom is 0.210 e. The van der Waals surface area contributed by atoms with Crippen LogP contribution in [0, 0.1) is 23.8 Å². The lowest BCUT2D eigenvalue weighted by atomic mass is 9.86. The Morgan fingerprint density at radius 3 is 2.63 bits per heavy atom. The van der Waals surface area contributed by atoms with E-state index in [1.54, 1.807) is 56.3 Å². The van der Waals surface area contributed by atoms with Gasteiger partial charge in [-0.3, -0.25) is 0 Å². The van der Waals surface area contributed by atoms with Crippen molar-refractivity contribution in [2.75, 3.05) is 4.90 Å². The van der Waals surface area contributed by atoms with Crippen molar-refractivity contribution >= 4 is 11.6 Å². The highest BCUT2D eigenvalue weighted by Crippen LogP contribution is 2.42. The zero-order valence-electron chi connectivity index (χ0n) is 15.1. The van der Waals surface area contributed by atoms with Gasteiger partial charge in [0.25, 0.3) is 0 Å². The zero-order chi connectivity index (χ0) is 19.6. The van der Waals surface area contributed by atoms with Crippen LogP contribution in [0.3, 0.4) is 0 Å². The third-order valence-corrected chi connectivity index (χ3v) is 4.49. The predicted octanol–water partition coefficient (Wildman–Crippen LogP) is 2.54. The van der Waals surface area contributed by atoms with E-state index < -0.39 is 17.7 Å². The van der Waals surface area contributed by atoms with Gasteiger partial charge in [-0.15, -0.1) is 6.42 Å². The maximum absolute atomic E-state index is 10.8. The summed E-state index contributed by atoms with van der Waals surface area (Å²) in [6.07, 6.45) is 6.54. The Hall–Kier alpha value is -3.48. The number of nitrogens with two attached hydrogens (primary N) is 1. The van der Waals surface area contributed by atoms with E-state index in [9.17, 15) is 10.4 Å². The number of aliphatic hydroxyl groups is 1. The highest BCUT2D eigenvalue weighted by Gasteiger charge is 2.43. The molecule has 6 nitrogen and oxygen atoms in total. The van der Waals surface area contributed by atoms with Crippen LogP contribution in [0.5, 0.6) is 5.75 Å². The number of ether oxygens (including phenoxy) is 1. The van der Waals surface area contributed by atoms with Crippen molar-refractivity contribution in [3.05, 3.63) is 59.7 Å². The zero-order valence-corrected chi connectivity index (χ0v) is 15.1. The second-order valence-corrected chi connectivity index (χ2v) is 6.75. The number of aliphatic imine (C=N–C) groups is 1. The highest BCUT2D eigenvalue weighted by atomic mass is 16.5. The molecule has 2 aromatic rings. The van der Waals surface area contributed by atoms with Gasteiger partial charge in [0, 0.05) is 11.1 Å². The lowest BCUT2D eigenvalue weighted by Crippen LogP contribution is -2.49. The number of para-hydroxylation sites is 1. The lowest BCUT2D eigenvalue weighted by molar-refractivity contribution is -0.0567. The van der Waals surface area contributed by atoms with Gasteiger partial charge in [0.15, 0.2) is 6.19 Å². The van der Waals surface area contributed by atoms with Crippen molar-refractivity contribution in [1.29, 1.82) is 5.26 Å². The molecule has 3 N–H and O–H groups in total. The molecule has 1 heterocycles. The molecule has 0 saturated carbocycles. The van der Waals surface area contributed by atoms with Crippen LogP contribution >= 0.6 is 0 Å². The Balaban J connectivity index is 2.08. The first-order chi connectivity index (χ1) is 12.9. The van der Waals surface area contributed by atoms with Crippen LogP contribution in [0.4, 0.5) is 5.69 Å². The molecule has 3 rings (SSSR count). The molecule has 0 aliphatic carbocycles. The number of terminal acetylenes is 1. The molecule has 6 heteroatoms. The average Bonchev–Trinajstić information content (AvgIpc) is 2.66. The lowest BCUT2D eigenvalue weighted by Gasteiger charge is -2.40. The summed E-state index contributed by atoms with van der Waals surface area (Å²) in [5.41, 5.74) is 7.10. The molecular formula is C21H20N4O2. The normalized spacial score (nSPS) is 20.6. The molecule has 1 aliphatic rings. The summed E-state index contributed by atoms with van der Waals surface area (Å²) >= 11 is 0. The fraction of sp³-hybridized carbons (Fsp3) is 0.238. The molecule has 0 saturated heterocycles. The molecule has 0 bridgehead atoms. The van der Waals surface area contributed by atoms with Gasteiger partial charge in [0.1, 0.15) is 23.5 Å². The van der Waals surface area contributed by atoms with Crippen molar-refractivity contribution in [2.45, 2.75) is 31.6 Å². The van der Waals surface area contributed by atoms with E-state index in [1.807, 2.05) is 12.3 Å². The smallest absolute Gasteiger partial charge is 0.210 e. The highest BCUT2D eigenvalue weighted by molar-refractivity contribution is 5.97. The minimum absolute atomic E-state index is 0.0255. The Bertz CT molecular complexity index is 954. The van der Waals surface area contributed by atoms with E-state index in [0.29, 0.717) is 22.6 Å². The van der Waals surface area contributed by atoms with Crippen LogP contribution in [0.15, 0.2) is 53.5 Å². The van der Waals surface area contributed by atoms with Gasteiger partial charge in [0.2, 0.25) is 5.96 Å². The molecule has 27 heavy (non-hydrogen) atoms. The molecule has 2 atom stereocenters. The first-order valence-electron chi connectivity index (χ1n) is 8.43. The van der Waals surface area contributed by atoms with Gasteiger partial charge in [-0.1, -0.05) is 24.1 Å². The van der Waals surface area contributed by atoms with E-state index in [4.69, 9.17) is 16.9 Å². The molecule has 0 amide bonds.